The second kappa shape index (κ2) is 7.59. The summed E-state index contributed by atoms with van der Waals surface area (Å²) in [5, 5.41) is 9.32. The Morgan fingerprint density at radius 2 is 1.57 bits per heavy atom. The fourth-order valence-electron chi connectivity index (χ4n) is 3.45. The number of hydrogen-bond donors (Lipinski definition) is 1. The van der Waals surface area contributed by atoms with Crippen molar-refractivity contribution < 1.29 is 4.39 Å². The number of nitrogens with one attached hydrogen (secondary N) is 1. The van der Waals surface area contributed by atoms with Gasteiger partial charge in [0.1, 0.15) is 11.9 Å². The van der Waals surface area contributed by atoms with Gasteiger partial charge in [-0.3, -0.25) is 0 Å². The van der Waals surface area contributed by atoms with Crippen molar-refractivity contribution in [2.45, 2.75) is 6.04 Å². The number of allylic oxidation sites excluding steroid dienone is 1. The maximum Gasteiger partial charge on any atom is 0.227 e. The predicted molar refractivity (Wildman–Crippen MR) is 118 cm³/mol. The summed E-state index contributed by atoms with van der Waals surface area (Å²) in [5.74, 6) is 0.859. The molecule has 4 nitrogen and oxygen atoms in total. The van der Waals surface area contributed by atoms with Crippen LogP contribution in [0, 0.1) is 5.82 Å². The highest BCUT2D eigenvalue weighted by Gasteiger charge is 2.27. The van der Waals surface area contributed by atoms with E-state index in [-0.39, 0.29) is 11.9 Å². The van der Waals surface area contributed by atoms with E-state index < -0.39 is 0 Å². The summed E-state index contributed by atoms with van der Waals surface area (Å²) >= 11 is 12.5. The molecule has 0 radical (unpaired) electrons. The third-order valence-electron chi connectivity index (χ3n) is 4.95. The minimum Gasteiger partial charge on any atom is -0.324 e. The summed E-state index contributed by atoms with van der Waals surface area (Å²) in [7, 11) is 0. The normalized spacial score (nSPS) is 15.3. The summed E-state index contributed by atoms with van der Waals surface area (Å²) in [4.78, 5) is 4.69. The van der Waals surface area contributed by atoms with Crippen molar-refractivity contribution in [2.24, 2.45) is 0 Å². The number of anilines is 1. The second-order valence-corrected chi connectivity index (χ2v) is 7.73. The molecule has 0 spiro atoms. The van der Waals surface area contributed by atoms with E-state index in [1.807, 2.05) is 42.5 Å². The summed E-state index contributed by atoms with van der Waals surface area (Å²) in [6.45, 7) is 0. The second-order valence-electron chi connectivity index (χ2n) is 6.89. The molecular formula is C23H15Cl2FN4. The molecule has 30 heavy (non-hydrogen) atoms. The Kier molecular flexibility index (Phi) is 4.77. The van der Waals surface area contributed by atoms with Crippen molar-refractivity contribution in [1.29, 1.82) is 0 Å². The predicted octanol–water partition coefficient (Wildman–Crippen LogP) is 6.45. The molecule has 0 aliphatic carbocycles. The molecule has 2 heterocycles. The first kappa shape index (κ1) is 18.9. The molecule has 0 fully saturated rings. The molecule has 3 aromatic carbocycles. The van der Waals surface area contributed by atoms with E-state index in [0.29, 0.717) is 21.8 Å². The van der Waals surface area contributed by atoms with Crippen LogP contribution < -0.4 is 5.32 Å². The van der Waals surface area contributed by atoms with Crippen LogP contribution in [0.1, 0.15) is 17.2 Å². The molecule has 0 amide bonds. The maximum atomic E-state index is 13.4. The van der Waals surface area contributed by atoms with Crippen LogP contribution in [0.4, 0.5) is 10.3 Å². The number of aromatic nitrogens is 3. The van der Waals surface area contributed by atoms with Crippen molar-refractivity contribution in [2.75, 3.05) is 5.32 Å². The first-order valence-corrected chi connectivity index (χ1v) is 10.1. The molecule has 0 bridgehead atoms. The lowest BCUT2D eigenvalue weighted by molar-refractivity contribution is 0.613. The lowest BCUT2D eigenvalue weighted by Gasteiger charge is -2.25. The molecule has 0 saturated carbocycles. The van der Waals surface area contributed by atoms with Gasteiger partial charge in [-0.25, -0.2) is 9.07 Å². The molecule has 1 aliphatic rings. The number of nitrogens with zero attached hydrogens (tertiary/aromatic N) is 3. The Bertz CT molecular complexity index is 1250. The molecule has 1 atom stereocenters. The quantitative estimate of drug-likeness (QED) is 0.401. The monoisotopic (exact) mass is 436 g/mol. The minimum atomic E-state index is -0.286. The van der Waals surface area contributed by atoms with Crippen LogP contribution in [0.2, 0.25) is 10.0 Å². The Morgan fingerprint density at radius 3 is 2.30 bits per heavy atom. The van der Waals surface area contributed by atoms with Gasteiger partial charge < -0.3 is 5.32 Å². The maximum absolute atomic E-state index is 13.4. The van der Waals surface area contributed by atoms with E-state index in [1.165, 1.54) is 12.1 Å². The van der Waals surface area contributed by atoms with Gasteiger partial charge in [-0.05, 0) is 71.8 Å². The van der Waals surface area contributed by atoms with Crippen molar-refractivity contribution in [1.82, 2.24) is 14.8 Å². The number of rotatable bonds is 3. The largest absolute Gasteiger partial charge is 0.324 e. The van der Waals surface area contributed by atoms with Gasteiger partial charge in [-0.1, -0.05) is 41.4 Å². The van der Waals surface area contributed by atoms with Gasteiger partial charge in [0.15, 0.2) is 5.82 Å². The van der Waals surface area contributed by atoms with Gasteiger partial charge in [0.25, 0.3) is 0 Å². The SMILES string of the molecule is Fc1ccc(C2=C[C@@H](c3ccccc3Cl)n3nc(-c4ccc(Cl)cc4)nc3N2)cc1. The van der Waals surface area contributed by atoms with Gasteiger partial charge >= 0.3 is 0 Å². The van der Waals surface area contributed by atoms with Crippen molar-refractivity contribution in [3.05, 3.63) is 106 Å². The van der Waals surface area contributed by atoms with E-state index in [4.69, 9.17) is 28.3 Å². The first-order chi connectivity index (χ1) is 14.6. The highest BCUT2D eigenvalue weighted by atomic mass is 35.5. The lowest BCUT2D eigenvalue weighted by Crippen LogP contribution is -2.20. The van der Waals surface area contributed by atoms with E-state index >= 15 is 0 Å². The van der Waals surface area contributed by atoms with Crippen LogP contribution in [0.15, 0.2) is 78.9 Å². The number of fused-ring (bicyclic) bond motifs is 1. The molecule has 7 heteroatoms. The third-order valence-corrected chi connectivity index (χ3v) is 5.54. The molecular weight excluding hydrogens is 422 g/mol. The van der Waals surface area contributed by atoms with Gasteiger partial charge in [0.2, 0.25) is 5.95 Å². The molecule has 0 unspecified atom stereocenters. The van der Waals surface area contributed by atoms with Crippen LogP contribution in [-0.2, 0) is 0 Å². The molecule has 148 valence electrons. The molecule has 1 aliphatic heterocycles. The zero-order valence-electron chi connectivity index (χ0n) is 15.6. The van der Waals surface area contributed by atoms with E-state index in [9.17, 15) is 4.39 Å². The van der Waals surface area contributed by atoms with Crippen LogP contribution in [-0.4, -0.2) is 14.8 Å². The summed E-state index contributed by atoms with van der Waals surface area (Å²) < 4.78 is 15.2. The van der Waals surface area contributed by atoms with Crippen LogP contribution >= 0.6 is 23.2 Å². The smallest absolute Gasteiger partial charge is 0.227 e. The Hall–Kier alpha value is -3.15. The fraction of sp³-hybridized carbons (Fsp3) is 0.0435. The van der Waals surface area contributed by atoms with Crippen LogP contribution in [0.5, 0.6) is 0 Å². The van der Waals surface area contributed by atoms with Crippen LogP contribution in [0.3, 0.4) is 0 Å². The van der Waals surface area contributed by atoms with Gasteiger partial charge in [0.05, 0.1) is 0 Å². The van der Waals surface area contributed by atoms with E-state index in [1.54, 1.807) is 28.9 Å². The molecule has 1 N–H and O–H groups in total. The van der Waals surface area contributed by atoms with Gasteiger partial charge in [-0.2, -0.15) is 4.98 Å². The average molecular weight is 437 g/mol. The zero-order valence-corrected chi connectivity index (χ0v) is 17.1. The number of hydrogen-bond acceptors (Lipinski definition) is 3. The average Bonchev–Trinajstić information content (AvgIpc) is 3.19. The summed E-state index contributed by atoms with van der Waals surface area (Å²) in [5.41, 5.74) is 3.40. The minimum absolute atomic E-state index is 0.274. The fourth-order valence-corrected chi connectivity index (χ4v) is 3.82. The van der Waals surface area contributed by atoms with E-state index in [2.05, 4.69) is 10.3 Å². The molecule has 5 rings (SSSR count). The van der Waals surface area contributed by atoms with Gasteiger partial charge in [0, 0.05) is 21.3 Å². The van der Waals surface area contributed by atoms with Crippen LogP contribution in [0.25, 0.3) is 17.1 Å². The van der Waals surface area contributed by atoms with Crippen molar-refractivity contribution >= 4 is 34.8 Å². The lowest BCUT2D eigenvalue weighted by atomic mass is 10.0. The highest BCUT2D eigenvalue weighted by Crippen LogP contribution is 2.36. The number of halogens is 3. The Labute approximate surface area is 182 Å². The molecule has 1 aromatic heterocycles. The standard InChI is InChI=1S/C23H15Cl2FN4/c24-16-9-5-15(6-10-16)22-28-23-27-20(14-7-11-17(26)12-8-14)13-21(30(23)29-22)18-3-1-2-4-19(18)25/h1-13,21H,(H,27,28,29)/t21-/m0/s1. The highest BCUT2D eigenvalue weighted by molar-refractivity contribution is 6.31. The topological polar surface area (TPSA) is 42.7 Å². The summed E-state index contributed by atoms with van der Waals surface area (Å²) in [6.07, 6.45) is 2.02. The summed E-state index contributed by atoms with van der Waals surface area (Å²) in [6, 6.07) is 21.0. The Balaban J connectivity index is 1.64. The van der Waals surface area contributed by atoms with Crippen molar-refractivity contribution in [3.63, 3.8) is 0 Å². The van der Waals surface area contributed by atoms with E-state index in [0.717, 1.165) is 22.4 Å². The third kappa shape index (κ3) is 3.47. The molecule has 4 aromatic rings. The van der Waals surface area contributed by atoms with Crippen molar-refractivity contribution in [3.8, 4) is 11.4 Å². The number of benzene rings is 3. The molecule has 0 saturated heterocycles. The van der Waals surface area contributed by atoms with Gasteiger partial charge in [-0.15, -0.1) is 5.10 Å². The zero-order chi connectivity index (χ0) is 20.7. The first-order valence-electron chi connectivity index (χ1n) is 9.30. The Morgan fingerprint density at radius 1 is 0.867 bits per heavy atom.